The number of hydrogen-bond donors (Lipinski definition) is 2. The molecular formula is C16H27NO. The summed E-state index contributed by atoms with van der Waals surface area (Å²) in [5.74, 6) is 0.505. The van der Waals surface area contributed by atoms with Gasteiger partial charge >= 0.3 is 0 Å². The minimum absolute atomic E-state index is 0.366. The third-order valence-electron chi connectivity index (χ3n) is 3.30. The zero-order chi connectivity index (χ0) is 13.7. The van der Waals surface area contributed by atoms with E-state index in [9.17, 15) is 5.11 Å². The molecule has 0 aliphatic heterocycles. The van der Waals surface area contributed by atoms with Crippen LogP contribution in [0.3, 0.4) is 0 Å². The van der Waals surface area contributed by atoms with Gasteiger partial charge in [0.25, 0.3) is 0 Å². The Morgan fingerprint density at radius 3 is 2.39 bits per heavy atom. The summed E-state index contributed by atoms with van der Waals surface area (Å²) in [6.45, 7) is 11.5. The molecule has 1 atom stereocenters. The lowest BCUT2D eigenvalue weighted by Gasteiger charge is -2.17. The van der Waals surface area contributed by atoms with Crippen LogP contribution in [0.15, 0.2) is 18.2 Å². The Kier molecular flexibility index (Phi) is 5.83. The highest BCUT2D eigenvalue weighted by molar-refractivity contribution is 5.34. The monoisotopic (exact) mass is 249 g/mol. The summed E-state index contributed by atoms with van der Waals surface area (Å²) >= 11 is 0. The number of rotatable bonds is 6. The minimum atomic E-state index is -0.366. The highest BCUT2D eigenvalue weighted by Crippen LogP contribution is 2.25. The van der Waals surface area contributed by atoms with E-state index in [2.05, 4.69) is 58.1 Å². The van der Waals surface area contributed by atoms with Gasteiger partial charge in [0.15, 0.2) is 0 Å². The molecule has 0 saturated heterocycles. The Hall–Kier alpha value is -0.860. The fourth-order valence-electron chi connectivity index (χ4n) is 2.04. The molecule has 0 heterocycles. The van der Waals surface area contributed by atoms with Crippen molar-refractivity contribution < 1.29 is 5.11 Å². The Bertz CT molecular complexity index is 371. The summed E-state index contributed by atoms with van der Waals surface area (Å²) < 4.78 is 0. The van der Waals surface area contributed by atoms with Crippen LogP contribution in [0.2, 0.25) is 0 Å². The van der Waals surface area contributed by atoms with Crippen LogP contribution in [-0.4, -0.2) is 17.7 Å². The van der Waals surface area contributed by atoms with Gasteiger partial charge in [0, 0.05) is 6.04 Å². The van der Waals surface area contributed by atoms with Gasteiger partial charge in [0.2, 0.25) is 0 Å². The largest absolute Gasteiger partial charge is 0.388 e. The number of hydrogen-bond acceptors (Lipinski definition) is 2. The van der Waals surface area contributed by atoms with Crippen molar-refractivity contribution in [3.05, 3.63) is 34.9 Å². The molecule has 0 saturated carbocycles. The van der Waals surface area contributed by atoms with E-state index in [0.29, 0.717) is 12.0 Å². The van der Waals surface area contributed by atoms with Gasteiger partial charge in [0.1, 0.15) is 0 Å². The van der Waals surface area contributed by atoms with Gasteiger partial charge in [-0.15, -0.1) is 0 Å². The van der Waals surface area contributed by atoms with E-state index in [1.807, 2.05) is 0 Å². The fraction of sp³-hybridized carbons (Fsp3) is 0.625. The van der Waals surface area contributed by atoms with Crippen LogP contribution in [0.1, 0.15) is 62.8 Å². The van der Waals surface area contributed by atoms with Crippen LogP contribution in [0.25, 0.3) is 0 Å². The van der Waals surface area contributed by atoms with Crippen LogP contribution in [0.4, 0.5) is 0 Å². The second-order valence-electron chi connectivity index (χ2n) is 5.68. The molecule has 0 bridgehead atoms. The Balaban J connectivity index is 2.71. The number of aliphatic hydroxyl groups excluding tert-OH is 1. The average molecular weight is 249 g/mol. The van der Waals surface area contributed by atoms with Crippen molar-refractivity contribution >= 4 is 0 Å². The first-order valence-corrected chi connectivity index (χ1v) is 6.93. The summed E-state index contributed by atoms with van der Waals surface area (Å²) in [5, 5.41) is 13.6. The molecule has 0 radical (unpaired) electrons. The maximum Gasteiger partial charge on any atom is 0.0804 e. The van der Waals surface area contributed by atoms with Crippen molar-refractivity contribution in [2.24, 2.45) is 0 Å². The molecule has 2 N–H and O–H groups in total. The van der Waals surface area contributed by atoms with E-state index in [1.54, 1.807) is 0 Å². The highest BCUT2D eigenvalue weighted by atomic mass is 16.3. The zero-order valence-electron chi connectivity index (χ0n) is 12.3. The summed E-state index contributed by atoms with van der Waals surface area (Å²) in [4.78, 5) is 0. The number of aliphatic hydroxyl groups is 1. The molecule has 1 aromatic rings. The maximum atomic E-state index is 10.3. The van der Waals surface area contributed by atoms with Gasteiger partial charge in [-0.1, -0.05) is 45.9 Å². The molecule has 2 heteroatoms. The van der Waals surface area contributed by atoms with Gasteiger partial charge in [-0.05, 0) is 42.5 Å². The topological polar surface area (TPSA) is 32.3 Å². The predicted molar refractivity (Wildman–Crippen MR) is 78.0 cm³/mol. The SMILES string of the molecule is Cc1ccc(C(C)C)cc1C(O)CCNC(C)C. The van der Waals surface area contributed by atoms with Crippen molar-refractivity contribution in [3.8, 4) is 0 Å². The second-order valence-corrected chi connectivity index (χ2v) is 5.68. The maximum absolute atomic E-state index is 10.3. The van der Waals surface area contributed by atoms with Gasteiger partial charge in [-0.2, -0.15) is 0 Å². The molecule has 0 aromatic heterocycles. The molecule has 0 fully saturated rings. The molecule has 18 heavy (non-hydrogen) atoms. The predicted octanol–water partition coefficient (Wildman–Crippen LogP) is 3.54. The summed E-state index contributed by atoms with van der Waals surface area (Å²) in [7, 11) is 0. The molecule has 0 spiro atoms. The van der Waals surface area contributed by atoms with Crippen molar-refractivity contribution in [2.75, 3.05) is 6.54 Å². The zero-order valence-corrected chi connectivity index (χ0v) is 12.3. The van der Waals surface area contributed by atoms with E-state index in [-0.39, 0.29) is 6.10 Å². The summed E-state index contributed by atoms with van der Waals surface area (Å²) in [6.07, 6.45) is 0.399. The Labute approximate surface area is 111 Å². The van der Waals surface area contributed by atoms with Crippen LogP contribution in [-0.2, 0) is 0 Å². The summed E-state index contributed by atoms with van der Waals surface area (Å²) in [5.41, 5.74) is 3.55. The molecule has 0 aliphatic rings. The van der Waals surface area contributed by atoms with E-state index in [1.165, 1.54) is 11.1 Å². The first-order chi connectivity index (χ1) is 8.41. The van der Waals surface area contributed by atoms with E-state index in [4.69, 9.17) is 0 Å². The van der Waals surface area contributed by atoms with E-state index < -0.39 is 0 Å². The lowest BCUT2D eigenvalue weighted by atomic mass is 9.94. The molecule has 0 aliphatic carbocycles. The number of aryl methyl sites for hydroxylation is 1. The minimum Gasteiger partial charge on any atom is -0.388 e. The van der Waals surface area contributed by atoms with E-state index in [0.717, 1.165) is 18.5 Å². The Morgan fingerprint density at radius 1 is 1.17 bits per heavy atom. The van der Waals surface area contributed by atoms with Crippen molar-refractivity contribution in [1.82, 2.24) is 5.32 Å². The third-order valence-corrected chi connectivity index (χ3v) is 3.30. The quantitative estimate of drug-likeness (QED) is 0.808. The van der Waals surface area contributed by atoms with Gasteiger partial charge in [-0.3, -0.25) is 0 Å². The molecular weight excluding hydrogens is 222 g/mol. The third kappa shape index (κ3) is 4.43. The van der Waals surface area contributed by atoms with Crippen molar-refractivity contribution in [1.29, 1.82) is 0 Å². The van der Waals surface area contributed by atoms with Crippen LogP contribution in [0, 0.1) is 6.92 Å². The van der Waals surface area contributed by atoms with Gasteiger partial charge < -0.3 is 10.4 Å². The van der Waals surface area contributed by atoms with Crippen molar-refractivity contribution in [3.63, 3.8) is 0 Å². The van der Waals surface area contributed by atoms with E-state index >= 15 is 0 Å². The molecule has 1 unspecified atom stereocenters. The Morgan fingerprint density at radius 2 is 1.83 bits per heavy atom. The first-order valence-electron chi connectivity index (χ1n) is 6.93. The molecule has 102 valence electrons. The molecule has 2 nitrogen and oxygen atoms in total. The van der Waals surface area contributed by atoms with Crippen molar-refractivity contribution in [2.45, 2.75) is 59.1 Å². The highest BCUT2D eigenvalue weighted by Gasteiger charge is 2.12. The smallest absolute Gasteiger partial charge is 0.0804 e. The fourth-order valence-corrected chi connectivity index (χ4v) is 2.04. The normalized spacial score (nSPS) is 13.3. The molecule has 0 amide bonds. The second kappa shape index (κ2) is 6.91. The van der Waals surface area contributed by atoms with Gasteiger partial charge in [-0.25, -0.2) is 0 Å². The first kappa shape index (κ1) is 15.2. The number of benzene rings is 1. The van der Waals surface area contributed by atoms with Crippen LogP contribution in [0.5, 0.6) is 0 Å². The van der Waals surface area contributed by atoms with Crippen LogP contribution >= 0.6 is 0 Å². The number of nitrogens with one attached hydrogen (secondary N) is 1. The molecule has 1 aromatic carbocycles. The average Bonchev–Trinajstić information content (AvgIpc) is 2.28. The standard InChI is InChI=1S/C16H27NO/c1-11(2)14-7-6-13(5)15(10-14)16(18)8-9-17-12(3)4/h6-7,10-12,16-18H,8-9H2,1-5H3. The summed E-state index contributed by atoms with van der Waals surface area (Å²) in [6, 6.07) is 6.90. The molecule has 1 rings (SSSR count). The van der Waals surface area contributed by atoms with Gasteiger partial charge in [0.05, 0.1) is 6.10 Å². The van der Waals surface area contributed by atoms with Crippen LogP contribution < -0.4 is 5.32 Å². The lowest BCUT2D eigenvalue weighted by Crippen LogP contribution is -2.25. The lowest BCUT2D eigenvalue weighted by molar-refractivity contribution is 0.165.